The number of carbonyl (C=O) groups excluding carboxylic acids is 3. The highest BCUT2D eigenvalue weighted by molar-refractivity contribution is 6.74. The summed E-state index contributed by atoms with van der Waals surface area (Å²) in [6, 6.07) is 0. The molecule has 2 bridgehead atoms. The second-order valence-electron chi connectivity index (χ2n) is 13.4. The molecule has 0 spiro atoms. The van der Waals surface area contributed by atoms with Crippen LogP contribution in [0.3, 0.4) is 0 Å². The number of fused-ring (bicyclic) bond motifs is 2. The van der Waals surface area contributed by atoms with Crippen LogP contribution < -0.4 is 0 Å². The molecule has 1 N–H and O–H groups in total. The smallest absolute Gasteiger partial charge is 0.310 e. The van der Waals surface area contributed by atoms with Crippen molar-refractivity contribution in [2.45, 2.75) is 148 Å². The number of unbranched alkanes of at least 4 members (excludes halogenated alkanes) is 1. The summed E-state index contributed by atoms with van der Waals surface area (Å²) in [6.07, 6.45) is 3.48. The predicted octanol–water partition coefficient (Wildman–Crippen LogP) is 6.67. The van der Waals surface area contributed by atoms with E-state index in [2.05, 4.69) is 33.9 Å². The van der Waals surface area contributed by atoms with E-state index in [1.54, 1.807) is 19.9 Å². The number of aliphatic hydroxyl groups is 1. The van der Waals surface area contributed by atoms with Gasteiger partial charge in [0.1, 0.15) is 24.4 Å². The number of halogens is 1. The summed E-state index contributed by atoms with van der Waals surface area (Å²) in [6.45, 7) is 18.0. The highest BCUT2D eigenvalue weighted by Crippen LogP contribution is 2.40. The Kier molecular flexibility index (Phi) is 14.8. The van der Waals surface area contributed by atoms with Crippen molar-refractivity contribution in [3.05, 3.63) is 34.4 Å². The van der Waals surface area contributed by atoms with Gasteiger partial charge < -0.3 is 28.5 Å². The van der Waals surface area contributed by atoms with Gasteiger partial charge in [-0.2, -0.15) is 0 Å². The molecular formula is C33H53ClO9Si. The van der Waals surface area contributed by atoms with Crippen LogP contribution in [0.5, 0.6) is 0 Å². The highest BCUT2D eigenvalue weighted by Gasteiger charge is 2.45. The third kappa shape index (κ3) is 12.1. The first-order valence-corrected chi connectivity index (χ1v) is 18.9. The molecule has 1 saturated heterocycles. The molecule has 0 aliphatic carbocycles. The van der Waals surface area contributed by atoms with Gasteiger partial charge >= 0.3 is 17.9 Å². The van der Waals surface area contributed by atoms with Crippen molar-refractivity contribution in [3.8, 4) is 0 Å². The monoisotopic (exact) mass is 656 g/mol. The first-order chi connectivity index (χ1) is 20.4. The van der Waals surface area contributed by atoms with Crippen molar-refractivity contribution >= 4 is 37.8 Å². The number of allylic oxidation sites excluding steroid dienone is 2. The minimum atomic E-state index is -2.26. The van der Waals surface area contributed by atoms with Gasteiger partial charge in [0.05, 0.1) is 31.7 Å². The van der Waals surface area contributed by atoms with Crippen molar-refractivity contribution in [3.63, 3.8) is 0 Å². The van der Waals surface area contributed by atoms with Gasteiger partial charge in [0.25, 0.3) is 0 Å². The molecule has 44 heavy (non-hydrogen) atoms. The standard InChI is InChI=1S/C33H53ClO9Si/c1-10-11-15-39-30(37)17-21(2)16-26(36)32-29-19-24(41-32)18-28(43-44(8,9)33(5,6)7)25(34)14-12-13-22(3)27(40-23(4)35)20-31(38)42-29/h13-14,16,24,26-29,32,36H,10-12,15,17-20H2,1-9H3/b21-16+,22-13-,25-14-/t24-,26-,27-,28-,29-,32-/m1/s1. The van der Waals surface area contributed by atoms with E-state index in [1.165, 1.54) is 6.92 Å². The SMILES string of the molecule is CCCCOC(=O)C/C(C)=C/[C@@H](O)[C@H]1O[C@@H]2C[C@@H](O[Si](C)(C)C(C)(C)C)/C(Cl)=C/C/C=C(/C)[C@H](OC(C)=O)CC(=O)O[C@@H]1C2. The van der Waals surface area contributed by atoms with Gasteiger partial charge in [-0.15, -0.1) is 0 Å². The molecular weight excluding hydrogens is 604 g/mol. The maximum Gasteiger partial charge on any atom is 0.310 e. The fraction of sp³-hybridized carbons (Fsp3) is 0.727. The van der Waals surface area contributed by atoms with E-state index in [4.69, 9.17) is 35.0 Å². The summed E-state index contributed by atoms with van der Waals surface area (Å²) >= 11 is 6.90. The molecule has 250 valence electrons. The quantitative estimate of drug-likeness (QED) is 0.0904. The Bertz CT molecular complexity index is 1090. The van der Waals surface area contributed by atoms with Crippen LogP contribution >= 0.6 is 11.6 Å². The number of esters is 3. The van der Waals surface area contributed by atoms with Gasteiger partial charge in [-0.05, 0) is 50.4 Å². The molecule has 0 amide bonds. The van der Waals surface area contributed by atoms with Crippen LogP contribution in [0.4, 0.5) is 0 Å². The molecule has 11 heteroatoms. The average Bonchev–Trinajstić information content (AvgIpc) is 3.28. The Hall–Kier alpha value is -1.98. The Labute approximate surface area is 269 Å². The van der Waals surface area contributed by atoms with Crippen molar-refractivity contribution < 1.29 is 42.9 Å². The largest absolute Gasteiger partial charge is 0.465 e. The normalized spacial score (nSPS) is 28.9. The van der Waals surface area contributed by atoms with E-state index in [0.29, 0.717) is 42.0 Å². The third-order valence-electron chi connectivity index (χ3n) is 8.42. The molecule has 2 aliphatic heterocycles. The van der Waals surface area contributed by atoms with Crippen molar-refractivity contribution in [1.29, 1.82) is 0 Å². The lowest BCUT2D eigenvalue weighted by Crippen LogP contribution is -2.44. The second-order valence-corrected chi connectivity index (χ2v) is 18.6. The van der Waals surface area contributed by atoms with Gasteiger partial charge in [0, 0.05) is 24.8 Å². The summed E-state index contributed by atoms with van der Waals surface area (Å²) in [5.74, 6) is -1.46. The Morgan fingerprint density at radius 3 is 2.48 bits per heavy atom. The molecule has 9 nitrogen and oxygen atoms in total. The van der Waals surface area contributed by atoms with Gasteiger partial charge in [0.2, 0.25) is 0 Å². The molecule has 2 aliphatic rings. The van der Waals surface area contributed by atoms with E-state index < -0.39 is 56.9 Å². The Morgan fingerprint density at radius 2 is 1.86 bits per heavy atom. The Balaban J connectivity index is 2.41. The van der Waals surface area contributed by atoms with Gasteiger partial charge in [-0.1, -0.05) is 69.5 Å². The zero-order valence-electron chi connectivity index (χ0n) is 27.9. The first-order valence-electron chi connectivity index (χ1n) is 15.7. The number of hydrogen-bond acceptors (Lipinski definition) is 9. The fourth-order valence-electron chi connectivity index (χ4n) is 4.85. The van der Waals surface area contributed by atoms with E-state index in [-0.39, 0.29) is 23.8 Å². The van der Waals surface area contributed by atoms with Crippen LogP contribution in [-0.4, -0.2) is 74.6 Å². The average molecular weight is 657 g/mol. The maximum absolute atomic E-state index is 13.1. The van der Waals surface area contributed by atoms with E-state index in [0.717, 1.165) is 12.8 Å². The fourth-order valence-corrected chi connectivity index (χ4v) is 6.44. The van der Waals surface area contributed by atoms with Gasteiger partial charge in [0.15, 0.2) is 8.32 Å². The minimum Gasteiger partial charge on any atom is -0.465 e. The van der Waals surface area contributed by atoms with Crippen LogP contribution in [0.2, 0.25) is 18.1 Å². The highest BCUT2D eigenvalue weighted by atomic mass is 35.5. The summed E-state index contributed by atoms with van der Waals surface area (Å²) in [7, 11) is -2.26. The van der Waals surface area contributed by atoms with Crippen LogP contribution in [-0.2, 0) is 37.8 Å². The zero-order chi connectivity index (χ0) is 33.2. The van der Waals surface area contributed by atoms with Gasteiger partial charge in [-0.3, -0.25) is 14.4 Å². The van der Waals surface area contributed by atoms with E-state index in [1.807, 2.05) is 19.1 Å². The van der Waals surface area contributed by atoms with Gasteiger partial charge in [-0.25, -0.2) is 0 Å². The summed E-state index contributed by atoms with van der Waals surface area (Å²) in [5, 5.41) is 11.7. The summed E-state index contributed by atoms with van der Waals surface area (Å²) < 4.78 is 29.7. The molecule has 1 fully saturated rings. The molecule has 6 atom stereocenters. The molecule has 0 radical (unpaired) electrons. The summed E-state index contributed by atoms with van der Waals surface area (Å²) in [5.41, 5.74) is 1.31. The molecule has 2 heterocycles. The number of aliphatic hydroxyl groups excluding tert-OH is 1. The molecule has 0 saturated carbocycles. The lowest BCUT2D eigenvalue weighted by molar-refractivity contribution is -0.159. The Morgan fingerprint density at radius 1 is 1.18 bits per heavy atom. The number of carbonyl (C=O) groups is 3. The second kappa shape index (κ2) is 17.1. The van der Waals surface area contributed by atoms with Crippen LogP contribution in [0.15, 0.2) is 34.4 Å². The maximum atomic E-state index is 13.1. The van der Waals surface area contributed by atoms with Crippen molar-refractivity contribution in [2.24, 2.45) is 0 Å². The minimum absolute atomic E-state index is 0.0277. The molecule has 0 aromatic carbocycles. The first kappa shape index (κ1) is 38.2. The van der Waals surface area contributed by atoms with Crippen molar-refractivity contribution in [2.75, 3.05) is 6.61 Å². The number of hydrogen-bond donors (Lipinski definition) is 1. The molecule has 0 unspecified atom stereocenters. The van der Waals surface area contributed by atoms with Crippen LogP contribution in [0.25, 0.3) is 0 Å². The lowest BCUT2D eigenvalue weighted by atomic mass is 10.0. The predicted molar refractivity (Wildman–Crippen MR) is 173 cm³/mol. The summed E-state index contributed by atoms with van der Waals surface area (Å²) in [4.78, 5) is 37.2. The third-order valence-corrected chi connectivity index (χ3v) is 13.3. The van der Waals surface area contributed by atoms with Crippen molar-refractivity contribution in [1.82, 2.24) is 0 Å². The number of ether oxygens (including phenoxy) is 4. The van der Waals surface area contributed by atoms with E-state index in [9.17, 15) is 19.5 Å². The molecule has 0 aromatic rings. The topological polar surface area (TPSA) is 118 Å². The van der Waals surface area contributed by atoms with E-state index >= 15 is 0 Å². The molecule has 0 aromatic heterocycles. The van der Waals surface area contributed by atoms with Crippen LogP contribution in [0.1, 0.15) is 93.4 Å². The zero-order valence-corrected chi connectivity index (χ0v) is 29.7. The number of rotatable bonds is 10. The lowest BCUT2D eigenvalue weighted by Gasteiger charge is -2.39. The van der Waals surface area contributed by atoms with Crippen LogP contribution in [0, 0.1) is 0 Å². The molecule has 2 rings (SSSR count).